The van der Waals surface area contributed by atoms with Crippen LogP contribution < -0.4 is 0 Å². The third-order valence-electron chi connectivity index (χ3n) is 6.59. The molecule has 4 heterocycles. The van der Waals surface area contributed by atoms with Gasteiger partial charge in [-0.15, -0.1) is 11.3 Å². The van der Waals surface area contributed by atoms with Crippen LogP contribution in [-0.4, -0.2) is 57.0 Å². The summed E-state index contributed by atoms with van der Waals surface area (Å²) in [5, 5.41) is 7.32. The third kappa shape index (κ3) is 3.53. The van der Waals surface area contributed by atoms with Gasteiger partial charge in [-0.05, 0) is 48.8 Å². The van der Waals surface area contributed by atoms with Crippen LogP contribution >= 0.6 is 11.3 Å². The summed E-state index contributed by atoms with van der Waals surface area (Å²) in [5.41, 5.74) is 4.53. The fourth-order valence-corrected chi connectivity index (χ4v) is 5.55. The van der Waals surface area contributed by atoms with E-state index in [-0.39, 0.29) is 5.91 Å². The number of nitrogens with zero attached hydrogens (tertiary/aromatic N) is 4. The minimum absolute atomic E-state index is 0.117. The number of nitrogens with one attached hydrogen (secondary N) is 1. The van der Waals surface area contributed by atoms with E-state index in [4.69, 9.17) is 4.52 Å². The van der Waals surface area contributed by atoms with Gasteiger partial charge in [0, 0.05) is 37.3 Å². The van der Waals surface area contributed by atoms with Crippen molar-refractivity contribution in [3.05, 3.63) is 58.4 Å². The SMILES string of the molecule is O=C(c1cccc2c3c([nH]c12)CCCC3)N1CCN(Cc2nc(-c3cccs3)no2)CC1. The molecule has 6 rings (SSSR count). The Morgan fingerprint density at radius 1 is 1.09 bits per heavy atom. The van der Waals surface area contributed by atoms with E-state index in [1.807, 2.05) is 34.5 Å². The van der Waals surface area contributed by atoms with E-state index in [1.165, 1.54) is 29.5 Å². The maximum absolute atomic E-state index is 13.4. The zero-order valence-corrected chi connectivity index (χ0v) is 18.7. The molecular weight excluding hydrogens is 422 g/mol. The Morgan fingerprint density at radius 2 is 1.97 bits per heavy atom. The lowest BCUT2D eigenvalue weighted by molar-refractivity contribution is 0.0617. The number of aromatic nitrogens is 3. The van der Waals surface area contributed by atoms with Crippen molar-refractivity contribution in [2.75, 3.05) is 26.2 Å². The van der Waals surface area contributed by atoms with Crippen molar-refractivity contribution in [3.8, 4) is 10.7 Å². The molecule has 3 aromatic heterocycles. The third-order valence-corrected chi connectivity index (χ3v) is 7.46. The van der Waals surface area contributed by atoms with Crippen molar-refractivity contribution in [2.24, 2.45) is 0 Å². The molecule has 1 fully saturated rings. The van der Waals surface area contributed by atoms with E-state index in [1.54, 1.807) is 11.3 Å². The number of amides is 1. The van der Waals surface area contributed by atoms with Gasteiger partial charge < -0.3 is 14.4 Å². The largest absolute Gasteiger partial charge is 0.358 e. The second-order valence-electron chi connectivity index (χ2n) is 8.57. The highest BCUT2D eigenvalue weighted by Crippen LogP contribution is 2.31. The maximum Gasteiger partial charge on any atom is 0.256 e. The van der Waals surface area contributed by atoms with Crippen LogP contribution in [0.25, 0.3) is 21.6 Å². The molecule has 1 aliphatic carbocycles. The molecule has 8 heteroatoms. The summed E-state index contributed by atoms with van der Waals surface area (Å²) in [5.74, 6) is 1.38. The summed E-state index contributed by atoms with van der Waals surface area (Å²) in [6.45, 7) is 3.59. The highest BCUT2D eigenvalue weighted by molar-refractivity contribution is 7.13. The first kappa shape index (κ1) is 19.7. The molecule has 1 N–H and O–H groups in total. The Hall–Kier alpha value is -2.97. The maximum atomic E-state index is 13.4. The van der Waals surface area contributed by atoms with Crippen LogP contribution in [0.1, 0.15) is 40.3 Å². The zero-order valence-electron chi connectivity index (χ0n) is 17.8. The Bertz CT molecular complexity index is 1250. The average Bonchev–Trinajstić information content (AvgIpc) is 3.58. The van der Waals surface area contributed by atoms with E-state index in [2.05, 4.69) is 26.1 Å². The number of H-pyrrole nitrogens is 1. The number of piperazine rings is 1. The van der Waals surface area contributed by atoms with Crippen LogP contribution in [0.3, 0.4) is 0 Å². The Balaban J connectivity index is 1.13. The fraction of sp³-hybridized carbons (Fsp3) is 0.375. The first-order valence-corrected chi connectivity index (χ1v) is 12.1. The summed E-state index contributed by atoms with van der Waals surface area (Å²) >= 11 is 1.60. The van der Waals surface area contributed by atoms with Crippen LogP contribution in [-0.2, 0) is 19.4 Å². The predicted octanol–water partition coefficient (Wildman–Crippen LogP) is 4.12. The highest BCUT2D eigenvalue weighted by atomic mass is 32.1. The number of rotatable bonds is 4. The van der Waals surface area contributed by atoms with Crippen molar-refractivity contribution in [1.82, 2.24) is 24.9 Å². The number of para-hydroxylation sites is 1. The monoisotopic (exact) mass is 447 g/mol. The number of hydrogen-bond donors (Lipinski definition) is 1. The molecule has 2 aliphatic rings. The van der Waals surface area contributed by atoms with Gasteiger partial charge in [0.25, 0.3) is 5.91 Å². The number of aromatic amines is 1. The quantitative estimate of drug-likeness (QED) is 0.509. The average molecular weight is 448 g/mol. The highest BCUT2D eigenvalue weighted by Gasteiger charge is 2.26. The van der Waals surface area contributed by atoms with Crippen LogP contribution in [0.2, 0.25) is 0 Å². The van der Waals surface area contributed by atoms with Crippen molar-refractivity contribution in [2.45, 2.75) is 32.2 Å². The van der Waals surface area contributed by atoms with Gasteiger partial charge in [0.2, 0.25) is 11.7 Å². The summed E-state index contributed by atoms with van der Waals surface area (Å²) in [6, 6.07) is 10.1. The molecule has 32 heavy (non-hydrogen) atoms. The van der Waals surface area contributed by atoms with Gasteiger partial charge in [-0.3, -0.25) is 9.69 Å². The van der Waals surface area contributed by atoms with Crippen molar-refractivity contribution in [1.29, 1.82) is 0 Å². The Labute approximate surface area is 190 Å². The molecule has 1 amide bonds. The van der Waals surface area contributed by atoms with E-state index in [0.29, 0.717) is 31.3 Å². The van der Waals surface area contributed by atoms with Crippen LogP contribution in [0, 0.1) is 0 Å². The number of hydrogen-bond acceptors (Lipinski definition) is 6. The first-order valence-electron chi connectivity index (χ1n) is 11.3. The molecule has 0 spiro atoms. The molecule has 1 saturated heterocycles. The number of fused-ring (bicyclic) bond motifs is 3. The molecule has 7 nitrogen and oxygen atoms in total. The Kier molecular flexibility index (Phi) is 5.04. The molecule has 0 atom stereocenters. The number of aryl methyl sites for hydroxylation is 2. The lowest BCUT2D eigenvalue weighted by Gasteiger charge is -2.34. The van der Waals surface area contributed by atoms with Gasteiger partial charge in [-0.2, -0.15) is 4.98 Å². The van der Waals surface area contributed by atoms with Gasteiger partial charge >= 0.3 is 0 Å². The fourth-order valence-electron chi connectivity index (χ4n) is 4.90. The number of thiophene rings is 1. The van der Waals surface area contributed by atoms with E-state index < -0.39 is 0 Å². The molecule has 0 unspecified atom stereocenters. The van der Waals surface area contributed by atoms with Crippen molar-refractivity contribution >= 4 is 28.1 Å². The topological polar surface area (TPSA) is 78.3 Å². The minimum atomic E-state index is 0.117. The first-order chi connectivity index (χ1) is 15.8. The van der Waals surface area contributed by atoms with E-state index in [0.717, 1.165) is 41.9 Å². The van der Waals surface area contributed by atoms with E-state index in [9.17, 15) is 4.79 Å². The molecule has 0 saturated carbocycles. The summed E-state index contributed by atoms with van der Waals surface area (Å²) < 4.78 is 5.44. The number of carbonyl (C=O) groups excluding carboxylic acids is 1. The summed E-state index contributed by atoms with van der Waals surface area (Å²) in [4.78, 5) is 26.7. The normalized spacial score (nSPS) is 17.1. The molecule has 4 aromatic rings. The molecule has 1 aromatic carbocycles. The van der Waals surface area contributed by atoms with Crippen LogP contribution in [0.15, 0.2) is 40.2 Å². The van der Waals surface area contributed by atoms with E-state index >= 15 is 0 Å². The molecule has 0 bridgehead atoms. The molecule has 164 valence electrons. The second-order valence-corrected chi connectivity index (χ2v) is 9.52. The van der Waals surface area contributed by atoms with Gasteiger partial charge in [0.15, 0.2) is 0 Å². The van der Waals surface area contributed by atoms with Gasteiger partial charge in [0.05, 0.1) is 22.5 Å². The lowest BCUT2D eigenvalue weighted by Crippen LogP contribution is -2.48. The van der Waals surface area contributed by atoms with Gasteiger partial charge in [0.1, 0.15) is 0 Å². The molecular formula is C24H25N5O2S. The number of carbonyl (C=O) groups is 1. The smallest absolute Gasteiger partial charge is 0.256 e. The van der Waals surface area contributed by atoms with Crippen LogP contribution in [0.4, 0.5) is 0 Å². The van der Waals surface area contributed by atoms with Crippen LogP contribution in [0.5, 0.6) is 0 Å². The predicted molar refractivity (Wildman–Crippen MR) is 124 cm³/mol. The summed E-state index contributed by atoms with van der Waals surface area (Å²) in [6.07, 6.45) is 4.64. The second kappa shape index (κ2) is 8.18. The van der Waals surface area contributed by atoms with Gasteiger partial charge in [-0.25, -0.2) is 0 Å². The van der Waals surface area contributed by atoms with Gasteiger partial charge in [-0.1, -0.05) is 23.4 Å². The Morgan fingerprint density at radius 3 is 2.81 bits per heavy atom. The lowest BCUT2D eigenvalue weighted by atomic mass is 9.95. The standard InChI is InChI=1S/C24H25N5O2S/c30-24(18-7-3-6-17-16-5-1-2-8-19(16)25-22(17)18)29-12-10-28(11-13-29)15-21-26-23(27-31-21)20-9-4-14-32-20/h3-4,6-7,9,14,25H,1-2,5,8,10-13,15H2. The molecule has 1 aliphatic heterocycles. The zero-order chi connectivity index (χ0) is 21.5. The van der Waals surface area contributed by atoms with Crippen molar-refractivity contribution in [3.63, 3.8) is 0 Å². The summed E-state index contributed by atoms with van der Waals surface area (Å²) in [7, 11) is 0. The molecule has 0 radical (unpaired) electrons. The van der Waals surface area contributed by atoms with Crippen molar-refractivity contribution < 1.29 is 9.32 Å². The number of benzene rings is 1. The minimum Gasteiger partial charge on any atom is -0.358 e.